The van der Waals surface area contributed by atoms with Crippen LogP contribution >= 0.6 is 0 Å². The highest BCUT2D eigenvalue weighted by Gasteiger charge is 1.94. The molecule has 0 atom stereocenters. The zero-order chi connectivity index (χ0) is 8.27. The van der Waals surface area contributed by atoms with Crippen molar-refractivity contribution in [3.05, 3.63) is 22.7 Å². The second kappa shape index (κ2) is 3.02. The van der Waals surface area contributed by atoms with Gasteiger partial charge in [0.1, 0.15) is 0 Å². The molecule has 0 radical (unpaired) electrons. The molecule has 1 rings (SSSR count). The van der Waals surface area contributed by atoms with Gasteiger partial charge in [0.25, 0.3) is 0 Å². The molecule has 6 heteroatoms. The van der Waals surface area contributed by atoms with Crippen molar-refractivity contribution in [2.24, 2.45) is 0 Å². The Labute approximate surface area is 62.4 Å². The predicted octanol–water partition coefficient (Wildman–Crippen LogP) is -0.782. The molecule has 0 spiro atoms. The number of aromatic nitrogens is 2. The minimum absolute atomic E-state index is 0.126. The topological polar surface area (TPSA) is 79.2 Å². The SMILES string of the molecule is CNn1ccc(NO)nc1=O. The monoisotopic (exact) mass is 156 g/mol. The molecular weight excluding hydrogens is 148 g/mol. The maximum absolute atomic E-state index is 10.9. The van der Waals surface area contributed by atoms with Crippen LogP contribution in [0.4, 0.5) is 5.82 Å². The zero-order valence-corrected chi connectivity index (χ0v) is 5.90. The van der Waals surface area contributed by atoms with Gasteiger partial charge < -0.3 is 5.43 Å². The summed E-state index contributed by atoms with van der Waals surface area (Å²) in [6.07, 6.45) is 1.45. The van der Waals surface area contributed by atoms with Crippen LogP contribution in [0.2, 0.25) is 0 Å². The molecule has 1 heterocycles. The summed E-state index contributed by atoms with van der Waals surface area (Å²) in [6, 6.07) is 1.46. The Morgan fingerprint density at radius 3 is 2.91 bits per heavy atom. The molecule has 11 heavy (non-hydrogen) atoms. The summed E-state index contributed by atoms with van der Waals surface area (Å²) in [5.41, 5.74) is 3.87. The van der Waals surface area contributed by atoms with Crippen LogP contribution in [0.3, 0.4) is 0 Å². The van der Waals surface area contributed by atoms with E-state index in [0.29, 0.717) is 0 Å². The second-order valence-electron chi connectivity index (χ2n) is 1.80. The Hall–Kier alpha value is -1.56. The van der Waals surface area contributed by atoms with Crippen molar-refractivity contribution in [1.29, 1.82) is 0 Å². The summed E-state index contributed by atoms with van der Waals surface area (Å²) < 4.78 is 1.18. The fraction of sp³-hybridized carbons (Fsp3) is 0.200. The number of hydrogen-bond donors (Lipinski definition) is 3. The Morgan fingerprint density at radius 2 is 2.45 bits per heavy atom. The molecule has 0 bridgehead atoms. The third-order valence-corrected chi connectivity index (χ3v) is 1.16. The van der Waals surface area contributed by atoms with Gasteiger partial charge in [-0.1, -0.05) is 0 Å². The smallest absolute Gasteiger partial charge is 0.325 e. The lowest BCUT2D eigenvalue weighted by atomic mass is 10.6. The third kappa shape index (κ3) is 1.47. The summed E-state index contributed by atoms with van der Waals surface area (Å²) in [7, 11) is 1.59. The normalized spacial score (nSPS) is 9.27. The molecular formula is C5H8N4O2. The summed E-state index contributed by atoms with van der Waals surface area (Å²) in [5, 5.41) is 8.34. The van der Waals surface area contributed by atoms with Crippen LogP contribution in [0.5, 0.6) is 0 Å². The van der Waals surface area contributed by atoms with E-state index in [-0.39, 0.29) is 5.82 Å². The first kappa shape index (κ1) is 7.55. The van der Waals surface area contributed by atoms with Crippen molar-refractivity contribution in [3.63, 3.8) is 0 Å². The van der Waals surface area contributed by atoms with Crippen LogP contribution < -0.4 is 16.6 Å². The van der Waals surface area contributed by atoms with Gasteiger partial charge in [-0.2, -0.15) is 4.98 Å². The molecule has 60 valence electrons. The second-order valence-corrected chi connectivity index (χ2v) is 1.80. The van der Waals surface area contributed by atoms with Gasteiger partial charge in [-0.3, -0.25) is 10.7 Å². The Morgan fingerprint density at radius 1 is 1.73 bits per heavy atom. The van der Waals surface area contributed by atoms with E-state index < -0.39 is 5.69 Å². The molecule has 0 aliphatic heterocycles. The highest BCUT2D eigenvalue weighted by molar-refractivity contribution is 5.27. The molecule has 0 fully saturated rings. The van der Waals surface area contributed by atoms with Gasteiger partial charge in [0.2, 0.25) is 0 Å². The van der Waals surface area contributed by atoms with Crippen molar-refractivity contribution in [1.82, 2.24) is 9.66 Å². The van der Waals surface area contributed by atoms with Crippen molar-refractivity contribution < 1.29 is 5.21 Å². The summed E-state index contributed by atoms with van der Waals surface area (Å²) >= 11 is 0. The minimum atomic E-state index is -0.480. The number of hydrogen-bond acceptors (Lipinski definition) is 5. The molecule has 6 nitrogen and oxygen atoms in total. The summed E-state index contributed by atoms with van der Waals surface area (Å²) in [4.78, 5) is 14.3. The maximum Gasteiger partial charge on any atom is 0.368 e. The van der Waals surface area contributed by atoms with E-state index in [1.54, 1.807) is 12.5 Å². The lowest BCUT2D eigenvalue weighted by molar-refractivity contribution is 0.385. The molecule has 0 saturated carbocycles. The van der Waals surface area contributed by atoms with Crippen LogP contribution in [0, 0.1) is 0 Å². The van der Waals surface area contributed by atoms with Gasteiger partial charge in [-0.25, -0.2) is 9.47 Å². The maximum atomic E-state index is 10.9. The van der Waals surface area contributed by atoms with Gasteiger partial charge in [-0.15, -0.1) is 0 Å². The van der Waals surface area contributed by atoms with Crippen molar-refractivity contribution >= 4 is 5.82 Å². The van der Waals surface area contributed by atoms with Crippen LogP contribution in [-0.2, 0) is 0 Å². The van der Waals surface area contributed by atoms with Gasteiger partial charge in [0.05, 0.1) is 0 Å². The van der Waals surface area contributed by atoms with Crippen molar-refractivity contribution in [2.75, 3.05) is 18.0 Å². The van der Waals surface area contributed by atoms with Crippen LogP contribution in [0.15, 0.2) is 17.1 Å². The molecule has 3 N–H and O–H groups in total. The van der Waals surface area contributed by atoms with Crippen LogP contribution in [-0.4, -0.2) is 21.9 Å². The minimum Gasteiger partial charge on any atom is -0.325 e. The van der Waals surface area contributed by atoms with Crippen LogP contribution in [0.1, 0.15) is 0 Å². The van der Waals surface area contributed by atoms with Crippen molar-refractivity contribution in [2.45, 2.75) is 0 Å². The fourth-order valence-electron chi connectivity index (χ4n) is 0.636. The molecule has 1 aromatic heterocycles. The molecule has 0 amide bonds. The van der Waals surface area contributed by atoms with E-state index in [4.69, 9.17) is 5.21 Å². The molecule has 0 saturated heterocycles. The number of rotatable bonds is 2. The lowest BCUT2D eigenvalue weighted by Gasteiger charge is -2.02. The largest absolute Gasteiger partial charge is 0.368 e. The van der Waals surface area contributed by atoms with Crippen molar-refractivity contribution in [3.8, 4) is 0 Å². The molecule has 0 unspecified atom stereocenters. The van der Waals surface area contributed by atoms with E-state index in [0.717, 1.165) is 0 Å². The number of anilines is 1. The van der Waals surface area contributed by atoms with E-state index >= 15 is 0 Å². The molecule has 0 aliphatic carbocycles. The van der Waals surface area contributed by atoms with E-state index in [1.807, 2.05) is 0 Å². The zero-order valence-electron chi connectivity index (χ0n) is 5.90. The molecule has 1 aromatic rings. The average molecular weight is 156 g/mol. The predicted molar refractivity (Wildman–Crippen MR) is 39.2 cm³/mol. The Kier molecular flexibility index (Phi) is 2.07. The Balaban J connectivity index is 3.10. The Bertz CT molecular complexity index is 295. The lowest BCUT2D eigenvalue weighted by Crippen LogP contribution is -2.28. The summed E-state index contributed by atoms with van der Waals surface area (Å²) in [6.45, 7) is 0. The fourth-order valence-corrected chi connectivity index (χ4v) is 0.636. The first-order chi connectivity index (χ1) is 5.27. The van der Waals surface area contributed by atoms with Gasteiger partial charge in [0.15, 0.2) is 5.82 Å². The van der Waals surface area contributed by atoms with Gasteiger partial charge in [-0.05, 0) is 0 Å². The van der Waals surface area contributed by atoms with Crippen LogP contribution in [0.25, 0.3) is 0 Å². The van der Waals surface area contributed by atoms with E-state index in [2.05, 4.69) is 10.4 Å². The highest BCUT2D eigenvalue weighted by Crippen LogP contribution is 1.92. The standard InChI is InChI=1S/C5H8N4O2/c1-6-9-3-2-4(8-11)7-5(9)10/h2-3,6,11H,1H3,(H,7,8,10). The number of nitrogens with zero attached hydrogens (tertiary/aromatic N) is 2. The quantitative estimate of drug-likeness (QED) is 0.489. The number of nitrogens with one attached hydrogen (secondary N) is 2. The highest BCUT2D eigenvalue weighted by atomic mass is 16.5. The van der Waals surface area contributed by atoms with Gasteiger partial charge in [0, 0.05) is 19.3 Å². The third-order valence-electron chi connectivity index (χ3n) is 1.16. The molecule has 0 aliphatic rings. The molecule has 0 aromatic carbocycles. The van der Waals surface area contributed by atoms with E-state index in [1.165, 1.54) is 16.9 Å². The first-order valence-corrected chi connectivity index (χ1v) is 2.95. The first-order valence-electron chi connectivity index (χ1n) is 2.95. The van der Waals surface area contributed by atoms with Gasteiger partial charge >= 0.3 is 5.69 Å². The average Bonchev–Trinajstić information content (AvgIpc) is 2.04. The van der Waals surface area contributed by atoms with E-state index in [9.17, 15) is 4.79 Å². The summed E-state index contributed by atoms with van der Waals surface area (Å²) in [5.74, 6) is 0.126.